The minimum atomic E-state index is -0.174. The Morgan fingerprint density at radius 3 is 2.92 bits per heavy atom. The number of carbonyl (C=O) groups excluding carboxylic acids is 1. The van der Waals surface area contributed by atoms with Gasteiger partial charge in [-0.3, -0.25) is 4.79 Å². The minimum Gasteiger partial charge on any atom is -0.356 e. The number of tetrazole rings is 1. The Kier molecular flexibility index (Phi) is 3.70. The third-order valence-electron chi connectivity index (χ3n) is 3.80. The van der Waals surface area contributed by atoms with Gasteiger partial charge in [0.2, 0.25) is 5.91 Å². The standard InChI is InChI=1S/C17H14N6O2/c1-23-17(19-21-22-23)11-5-4-6-12(9-11)18-16(24)10-14-13-7-2-3-8-15(13)25-20-14/h2-9H,10H2,1H3,(H,18,24). The molecule has 0 unspecified atom stereocenters. The first-order valence-corrected chi connectivity index (χ1v) is 7.66. The first kappa shape index (κ1) is 15.0. The molecule has 2 heterocycles. The minimum absolute atomic E-state index is 0.132. The molecule has 4 aromatic rings. The van der Waals surface area contributed by atoms with Crippen LogP contribution in [0, 0.1) is 0 Å². The van der Waals surface area contributed by atoms with Crippen molar-refractivity contribution in [3.8, 4) is 11.4 Å². The molecule has 0 aliphatic rings. The van der Waals surface area contributed by atoms with E-state index in [4.69, 9.17) is 4.52 Å². The number of aryl methyl sites for hydroxylation is 1. The summed E-state index contributed by atoms with van der Waals surface area (Å²) in [6.07, 6.45) is 0.132. The number of carbonyl (C=O) groups is 1. The fourth-order valence-corrected chi connectivity index (χ4v) is 2.63. The van der Waals surface area contributed by atoms with Crippen LogP contribution < -0.4 is 5.32 Å². The number of hydrogen-bond acceptors (Lipinski definition) is 6. The molecule has 0 spiro atoms. The molecule has 4 rings (SSSR count). The molecule has 0 bridgehead atoms. The van der Waals surface area contributed by atoms with Gasteiger partial charge in [0.1, 0.15) is 5.69 Å². The molecule has 0 fully saturated rings. The normalized spacial score (nSPS) is 10.9. The zero-order chi connectivity index (χ0) is 17.2. The fraction of sp³-hybridized carbons (Fsp3) is 0.118. The van der Waals surface area contributed by atoms with Gasteiger partial charge in [0.05, 0.1) is 6.42 Å². The van der Waals surface area contributed by atoms with E-state index < -0.39 is 0 Å². The molecule has 124 valence electrons. The van der Waals surface area contributed by atoms with E-state index in [9.17, 15) is 4.79 Å². The van der Waals surface area contributed by atoms with E-state index in [-0.39, 0.29) is 12.3 Å². The van der Waals surface area contributed by atoms with Gasteiger partial charge < -0.3 is 9.84 Å². The number of para-hydroxylation sites is 1. The Labute approximate surface area is 142 Å². The molecule has 0 aliphatic carbocycles. The quantitative estimate of drug-likeness (QED) is 0.614. The highest BCUT2D eigenvalue weighted by atomic mass is 16.5. The first-order valence-electron chi connectivity index (χ1n) is 7.66. The summed E-state index contributed by atoms with van der Waals surface area (Å²) in [5.74, 6) is 0.450. The zero-order valence-electron chi connectivity index (χ0n) is 13.4. The molecular formula is C17H14N6O2. The number of nitrogens with zero attached hydrogens (tertiary/aromatic N) is 5. The second-order valence-corrected chi connectivity index (χ2v) is 5.56. The Balaban J connectivity index is 1.52. The molecule has 0 radical (unpaired) electrons. The van der Waals surface area contributed by atoms with Gasteiger partial charge in [0, 0.05) is 23.7 Å². The average molecular weight is 334 g/mol. The van der Waals surface area contributed by atoms with E-state index in [1.165, 1.54) is 0 Å². The molecule has 0 saturated carbocycles. The summed E-state index contributed by atoms with van der Waals surface area (Å²) in [7, 11) is 1.76. The molecule has 2 aromatic heterocycles. The third kappa shape index (κ3) is 2.97. The number of benzene rings is 2. The highest BCUT2D eigenvalue weighted by Gasteiger charge is 2.13. The van der Waals surface area contributed by atoms with Gasteiger partial charge >= 0.3 is 0 Å². The van der Waals surface area contributed by atoms with Crippen LogP contribution >= 0.6 is 0 Å². The van der Waals surface area contributed by atoms with E-state index in [1.54, 1.807) is 11.7 Å². The van der Waals surface area contributed by atoms with Gasteiger partial charge in [-0.1, -0.05) is 29.4 Å². The average Bonchev–Trinajstić information content (AvgIpc) is 3.22. The highest BCUT2D eigenvalue weighted by Crippen LogP contribution is 2.21. The van der Waals surface area contributed by atoms with Gasteiger partial charge in [0.25, 0.3) is 0 Å². The van der Waals surface area contributed by atoms with Crippen molar-refractivity contribution in [3.63, 3.8) is 0 Å². The van der Waals surface area contributed by atoms with E-state index in [0.29, 0.717) is 22.8 Å². The van der Waals surface area contributed by atoms with Crippen LogP contribution in [-0.4, -0.2) is 31.3 Å². The Bertz CT molecular complexity index is 1050. The van der Waals surface area contributed by atoms with Crippen molar-refractivity contribution in [2.75, 3.05) is 5.32 Å². The van der Waals surface area contributed by atoms with Crippen LogP contribution in [0.4, 0.5) is 5.69 Å². The Hall–Kier alpha value is -3.55. The summed E-state index contributed by atoms with van der Waals surface area (Å²) in [6, 6.07) is 14.8. The molecule has 8 nitrogen and oxygen atoms in total. The molecule has 0 atom stereocenters. The van der Waals surface area contributed by atoms with E-state index in [0.717, 1.165) is 10.9 Å². The van der Waals surface area contributed by atoms with Crippen LogP contribution in [0.25, 0.3) is 22.4 Å². The maximum atomic E-state index is 12.3. The summed E-state index contributed by atoms with van der Waals surface area (Å²) >= 11 is 0. The molecule has 0 saturated heterocycles. The summed E-state index contributed by atoms with van der Waals surface area (Å²) in [5, 5.41) is 19.1. The number of nitrogens with one attached hydrogen (secondary N) is 1. The van der Waals surface area contributed by atoms with Crippen molar-refractivity contribution in [1.82, 2.24) is 25.4 Å². The molecular weight excluding hydrogens is 320 g/mol. The molecule has 1 N–H and O–H groups in total. The lowest BCUT2D eigenvalue weighted by molar-refractivity contribution is -0.115. The second kappa shape index (κ2) is 6.16. The van der Waals surface area contributed by atoms with Crippen molar-refractivity contribution in [1.29, 1.82) is 0 Å². The third-order valence-corrected chi connectivity index (χ3v) is 3.80. The van der Waals surface area contributed by atoms with E-state index in [1.807, 2.05) is 48.5 Å². The van der Waals surface area contributed by atoms with Crippen LogP contribution in [0.2, 0.25) is 0 Å². The number of amides is 1. The molecule has 8 heteroatoms. The monoisotopic (exact) mass is 334 g/mol. The van der Waals surface area contributed by atoms with Gasteiger partial charge in [-0.15, -0.1) is 5.10 Å². The van der Waals surface area contributed by atoms with Gasteiger partial charge in [-0.25, -0.2) is 4.68 Å². The van der Waals surface area contributed by atoms with Crippen molar-refractivity contribution >= 4 is 22.6 Å². The fourth-order valence-electron chi connectivity index (χ4n) is 2.63. The lowest BCUT2D eigenvalue weighted by Gasteiger charge is -2.06. The molecule has 0 aliphatic heterocycles. The van der Waals surface area contributed by atoms with Gasteiger partial charge in [-0.2, -0.15) is 0 Å². The number of anilines is 1. The summed E-state index contributed by atoms with van der Waals surface area (Å²) < 4.78 is 6.80. The van der Waals surface area contributed by atoms with Gasteiger partial charge in [0.15, 0.2) is 11.4 Å². The van der Waals surface area contributed by atoms with Gasteiger partial charge in [-0.05, 0) is 34.7 Å². The smallest absolute Gasteiger partial charge is 0.230 e. The number of aromatic nitrogens is 5. The van der Waals surface area contributed by atoms with Crippen LogP contribution in [0.15, 0.2) is 53.1 Å². The van der Waals surface area contributed by atoms with Crippen molar-refractivity contribution in [2.24, 2.45) is 7.05 Å². The van der Waals surface area contributed by atoms with Crippen molar-refractivity contribution < 1.29 is 9.32 Å². The predicted molar refractivity (Wildman–Crippen MR) is 90.6 cm³/mol. The summed E-state index contributed by atoms with van der Waals surface area (Å²) in [5.41, 5.74) is 2.76. The number of hydrogen-bond donors (Lipinski definition) is 1. The Morgan fingerprint density at radius 2 is 2.08 bits per heavy atom. The van der Waals surface area contributed by atoms with E-state index in [2.05, 4.69) is 26.0 Å². The lowest BCUT2D eigenvalue weighted by Crippen LogP contribution is -2.14. The second-order valence-electron chi connectivity index (χ2n) is 5.56. The summed E-state index contributed by atoms with van der Waals surface area (Å²) in [4.78, 5) is 12.3. The Morgan fingerprint density at radius 1 is 1.20 bits per heavy atom. The van der Waals surface area contributed by atoms with E-state index >= 15 is 0 Å². The number of rotatable bonds is 4. The largest absolute Gasteiger partial charge is 0.356 e. The van der Waals surface area contributed by atoms with Crippen LogP contribution in [0.3, 0.4) is 0 Å². The topological polar surface area (TPSA) is 98.7 Å². The SMILES string of the molecule is Cn1nnnc1-c1cccc(NC(=O)Cc2noc3ccccc23)c1. The lowest BCUT2D eigenvalue weighted by atomic mass is 10.1. The van der Waals surface area contributed by atoms with Crippen LogP contribution in [0.1, 0.15) is 5.69 Å². The summed E-state index contributed by atoms with van der Waals surface area (Å²) in [6.45, 7) is 0. The van der Waals surface area contributed by atoms with Crippen molar-refractivity contribution in [2.45, 2.75) is 6.42 Å². The van der Waals surface area contributed by atoms with Crippen LogP contribution in [0.5, 0.6) is 0 Å². The highest BCUT2D eigenvalue weighted by molar-refractivity contribution is 5.95. The predicted octanol–water partition coefficient (Wildman–Crippen LogP) is 2.20. The zero-order valence-corrected chi connectivity index (χ0v) is 13.4. The van der Waals surface area contributed by atoms with Crippen LogP contribution in [-0.2, 0) is 18.3 Å². The maximum absolute atomic E-state index is 12.3. The molecule has 1 amide bonds. The molecule has 2 aromatic carbocycles. The maximum Gasteiger partial charge on any atom is 0.230 e. The van der Waals surface area contributed by atoms with Crippen molar-refractivity contribution in [3.05, 3.63) is 54.2 Å². The first-order chi connectivity index (χ1) is 12.2. The molecule has 25 heavy (non-hydrogen) atoms. The number of fused-ring (bicyclic) bond motifs is 1.